The van der Waals surface area contributed by atoms with Gasteiger partial charge in [-0.3, -0.25) is 14.2 Å². The van der Waals surface area contributed by atoms with Crippen LogP contribution in [0, 0.1) is 0 Å². The number of nitrogens with zero attached hydrogens (tertiary/aromatic N) is 3. The van der Waals surface area contributed by atoms with Crippen LogP contribution in [0.25, 0.3) is 6.08 Å². The average Bonchev–Trinajstić information content (AvgIpc) is 3.34. The van der Waals surface area contributed by atoms with Crippen LogP contribution in [0.5, 0.6) is 17.2 Å². The van der Waals surface area contributed by atoms with Crippen LogP contribution in [0.15, 0.2) is 63.5 Å². The summed E-state index contributed by atoms with van der Waals surface area (Å²) in [7, 11) is 1.51. The predicted octanol–water partition coefficient (Wildman–Crippen LogP) is 2.44. The Morgan fingerprint density at radius 2 is 1.80 bits per heavy atom. The third kappa shape index (κ3) is 6.56. The van der Waals surface area contributed by atoms with Crippen LogP contribution >= 0.6 is 11.3 Å². The van der Waals surface area contributed by atoms with Crippen molar-refractivity contribution in [2.75, 3.05) is 53.2 Å². The molecule has 12 heteroatoms. The lowest BCUT2D eigenvalue weighted by Gasteiger charge is -2.26. The minimum Gasteiger partial charge on any atom is -0.494 e. The van der Waals surface area contributed by atoms with Gasteiger partial charge in [-0.1, -0.05) is 29.5 Å². The van der Waals surface area contributed by atoms with E-state index in [-0.39, 0.29) is 24.7 Å². The number of amides is 1. The largest absolute Gasteiger partial charge is 0.494 e. The summed E-state index contributed by atoms with van der Waals surface area (Å²) >= 11 is 1.23. The van der Waals surface area contributed by atoms with E-state index in [0.29, 0.717) is 76.3 Å². The number of ether oxygens (including phenoxy) is 5. The molecule has 0 unspecified atom stereocenters. The molecule has 11 nitrogen and oxygen atoms in total. The molecule has 3 heterocycles. The van der Waals surface area contributed by atoms with Gasteiger partial charge < -0.3 is 28.6 Å². The van der Waals surface area contributed by atoms with Gasteiger partial charge in [-0.2, -0.15) is 0 Å². The number of benzene rings is 2. The molecule has 0 aliphatic carbocycles. The molecule has 1 saturated heterocycles. The van der Waals surface area contributed by atoms with Gasteiger partial charge in [0.1, 0.15) is 5.75 Å². The van der Waals surface area contributed by atoms with E-state index in [1.807, 2.05) is 31.2 Å². The Balaban J connectivity index is 1.49. The van der Waals surface area contributed by atoms with Gasteiger partial charge in [0.2, 0.25) is 0 Å². The molecule has 232 valence electrons. The van der Waals surface area contributed by atoms with Gasteiger partial charge in [0.15, 0.2) is 22.9 Å². The Morgan fingerprint density at radius 3 is 2.48 bits per heavy atom. The molecule has 44 heavy (non-hydrogen) atoms. The summed E-state index contributed by atoms with van der Waals surface area (Å²) in [6.45, 7) is 8.08. The van der Waals surface area contributed by atoms with Crippen molar-refractivity contribution in [1.82, 2.24) is 9.47 Å². The number of allylic oxidation sites excluding steroid dienone is 1. The highest BCUT2D eigenvalue weighted by Gasteiger charge is 2.33. The first kappa shape index (κ1) is 31.0. The van der Waals surface area contributed by atoms with Gasteiger partial charge in [-0.15, -0.1) is 0 Å². The lowest BCUT2D eigenvalue weighted by atomic mass is 9.96. The maximum Gasteiger partial charge on any atom is 0.338 e. The molecule has 0 radical (unpaired) electrons. The Morgan fingerprint density at radius 1 is 1.05 bits per heavy atom. The second-order valence-electron chi connectivity index (χ2n) is 10.00. The van der Waals surface area contributed by atoms with Gasteiger partial charge in [0.25, 0.3) is 11.5 Å². The van der Waals surface area contributed by atoms with Crippen LogP contribution in [-0.4, -0.2) is 74.6 Å². The second-order valence-corrected chi connectivity index (χ2v) is 11.0. The summed E-state index contributed by atoms with van der Waals surface area (Å²) in [5.74, 6) is 0.884. The van der Waals surface area contributed by atoms with Crippen molar-refractivity contribution in [2.24, 2.45) is 4.99 Å². The van der Waals surface area contributed by atoms with Crippen LogP contribution in [0.1, 0.15) is 37.9 Å². The van der Waals surface area contributed by atoms with Crippen molar-refractivity contribution in [3.8, 4) is 17.2 Å². The fraction of sp³-hybridized carbons (Fsp3) is 0.375. The summed E-state index contributed by atoms with van der Waals surface area (Å²) in [6, 6.07) is 11.8. The number of rotatable bonds is 10. The molecule has 5 rings (SSSR count). The second kappa shape index (κ2) is 13.9. The number of methoxy groups -OCH3 is 1. The topological polar surface area (TPSA) is 118 Å². The summed E-state index contributed by atoms with van der Waals surface area (Å²) in [4.78, 5) is 46.4. The molecule has 2 aliphatic heterocycles. The number of aromatic nitrogens is 1. The van der Waals surface area contributed by atoms with Crippen molar-refractivity contribution >= 4 is 29.3 Å². The van der Waals surface area contributed by atoms with E-state index in [0.717, 1.165) is 5.56 Å². The standard InChI is InChI=1S/C32H35N3O8S/c1-5-41-23-10-8-22(9-11-23)29-28(31(38)42-6-2)20(3)33-32-35(29)30(37)26(44-32)18-21-7-12-24(25(17-21)39-4)43-19-27(36)34-13-15-40-16-14-34/h7-12,17-18,29H,5-6,13-16,19H2,1-4H3/b26-18+/t29-/m1/s1. The molecular formula is C32H35N3O8S. The van der Waals surface area contributed by atoms with Gasteiger partial charge in [0.05, 0.1) is 55.4 Å². The monoisotopic (exact) mass is 621 g/mol. The van der Waals surface area contributed by atoms with Gasteiger partial charge in [-0.25, -0.2) is 9.79 Å². The van der Waals surface area contributed by atoms with Crippen molar-refractivity contribution in [3.05, 3.63) is 84.5 Å². The number of carbonyl (C=O) groups is 2. The van der Waals surface area contributed by atoms with Gasteiger partial charge in [-0.05, 0) is 62.2 Å². The normalized spacial score (nSPS) is 16.7. The Labute approximate surface area is 258 Å². The first-order chi connectivity index (χ1) is 21.3. The maximum atomic E-state index is 13.9. The quantitative estimate of drug-likeness (QED) is 0.317. The van der Waals surface area contributed by atoms with E-state index >= 15 is 0 Å². The van der Waals surface area contributed by atoms with E-state index in [9.17, 15) is 14.4 Å². The van der Waals surface area contributed by atoms with E-state index in [1.165, 1.54) is 23.0 Å². The molecule has 1 atom stereocenters. The van der Waals surface area contributed by atoms with Crippen LogP contribution in [0.2, 0.25) is 0 Å². The minimum absolute atomic E-state index is 0.123. The van der Waals surface area contributed by atoms with Crippen LogP contribution in [-0.2, 0) is 19.1 Å². The zero-order chi connectivity index (χ0) is 31.2. The van der Waals surface area contributed by atoms with E-state index in [4.69, 9.17) is 23.7 Å². The Bertz CT molecular complexity index is 1740. The number of fused-ring (bicyclic) bond motifs is 1. The smallest absolute Gasteiger partial charge is 0.338 e. The zero-order valence-corrected chi connectivity index (χ0v) is 26.0. The molecule has 1 amide bonds. The molecular weight excluding hydrogens is 586 g/mol. The highest BCUT2D eigenvalue weighted by Crippen LogP contribution is 2.32. The number of morpholine rings is 1. The number of hydrogen-bond donors (Lipinski definition) is 0. The van der Waals surface area contributed by atoms with Crippen molar-refractivity contribution in [3.63, 3.8) is 0 Å². The lowest BCUT2D eigenvalue weighted by molar-refractivity contribution is -0.139. The lowest BCUT2D eigenvalue weighted by Crippen LogP contribution is -2.43. The molecule has 3 aromatic rings. The zero-order valence-electron chi connectivity index (χ0n) is 25.2. The molecule has 1 aromatic heterocycles. The van der Waals surface area contributed by atoms with Crippen molar-refractivity contribution in [2.45, 2.75) is 26.8 Å². The van der Waals surface area contributed by atoms with Crippen LogP contribution < -0.4 is 29.1 Å². The third-order valence-electron chi connectivity index (χ3n) is 7.22. The molecule has 1 fully saturated rings. The minimum atomic E-state index is -0.725. The first-order valence-corrected chi connectivity index (χ1v) is 15.2. The molecule has 0 N–H and O–H groups in total. The van der Waals surface area contributed by atoms with Gasteiger partial charge >= 0.3 is 5.97 Å². The van der Waals surface area contributed by atoms with Crippen molar-refractivity contribution in [1.29, 1.82) is 0 Å². The third-order valence-corrected chi connectivity index (χ3v) is 8.21. The Kier molecular flexibility index (Phi) is 9.81. The SMILES string of the molecule is CCOC(=O)C1=C(C)N=c2s/c(=C/c3ccc(OCC(=O)N4CCOCC4)c(OC)c3)c(=O)n2[C@@H]1c1ccc(OCC)cc1. The van der Waals surface area contributed by atoms with Gasteiger partial charge in [0, 0.05) is 13.1 Å². The van der Waals surface area contributed by atoms with Crippen LogP contribution in [0.4, 0.5) is 0 Å². The highest BCUT2D eigenvalue weighted by molar-refractivity contribution is 7.07. The molecule has 0 saturated carbocycles. The van der Waals surface area contributed by atoms with Crippen LogP contribution in [0.3, 0.4) is 0 Å². The van der Waals surface area contributed by atoms with Crippen molar-refractivity contribution < 1.29 is 33.3 Å². The number of esters is 1. The molecule has 2 aromatic carbocycles. The fourth-order valence-electron chi connectivity index (χ4n) is 5.11. The number of thiazole rings is 1. The molecule has 0 bridgehead atoms. The number of hydrogen-bond acceptors (Lipinski definition) is 10. The predicted molar refractivity (Wildman–Crippen MR) is 164 cm³/mol. The van der Waals surface area contributed by atoms with E-state index in [1.54, 1.807) is 43.0 Å². The molecule has 2 aliphatic rings. The Hall–Kier alpha value is -4.42. The summed E-state index contributed by atoms with van der Waals surface area (Å²) in [5.41, 5.74) is 1.93. The average molecular weight is 622 g/mol. The van der Waals surface area contributed by atoms with E-state index in [2.05, 4.69) is 4.99 Å². The maximum absolute atomic E-state index is 13.9. The number of carbonyl (C=O) groups excluding carboxylic acids is 2. The van der Waals surface area contributed by atoms with E-state index < -0.39 is 12.0 Å². The molecule has 0 spiro atoms. The summed E-state index contributed by atoms with van der Waals surface area (Å²) in [5, 5.41) is 0. The summed E-state index contributed by atoms with van der Waals surface area (Å²) in [6.07, 6.45) is 1.74. The first-order valence-electron chi connectivity index (χ1n) is 14.4. The highest BCUT2D eigenvalue weighted by atomic mass is 32.1. The summed E-state index contributed by atoms with van der Waals surface area (Å²) < 4.78 is 29.6. The fourth-order valence-corrected chi connectivity index (χ4v) is 6.15.